The Kier molecular flexibility index (Phi) is 5.75. The molecule has 100 valence electrons. The van der Waals surface area contributed by atoms with Crippen LogP contribution >= 0.6 is 0 Å². The molecule has 1 rings (SSSR count). The lowest BCUT2D eigenvalue weighted by molar-refractivity contribution is 0.0739. The van der Waals surface area contributed by atoms with Gasteiger partial charge >= 0.3 is 6.03 Å². The predicted octanol–water partition coefficient (Wildman–Crippen LogP) is 1.83. The molecule has 0 bridgehead atoms. The SMILES string of the molecule is CC(C)CCNC(=O)N1CCCC(C(C)O)C1. The van der Waals surface area contributed by atoms with E-state index in [1.807, 2.05) is 11.8 Å². The van der Waals surface area contributed by atoms with Gasteiger partial charge in [0, 0.05) is 25.6 Å². The van der Waals surface area contributed by atoms with E-state index in [-0.39, 0.29) is 18.1 Å². The van der Waals surface area contributed by atoms with E-state index in [0.717, 1.165) is 32.4 Å². The number of piperidine rings is 1. The van der Waals surface area contributed by atoms with E-state index in [4.69, 9.17) is 0 Å². The van der Waals surface area contributed by atoms with Crippen molar-refractivity contribution in [1.29, 1.82) is 0 Å². The third-order valence-electron chi connectivity index (χ3n) is 3.43. The van der Waals surface area contributed by atoms with Gasteiger partial charge in [0.2, 0.25) is 0 Å². The van der Waals surface area contributed by atoms with Crippen molar-refractivity contribution >= 4 is 6.03 Å². The molecule has 4 heteroatoms. The molecule has 0 aliphatic carbocycles. The van der Waals surface area contributed by atoms with Gasteiger partial charge in [-0.1, -0.05) is 13.8 Å². The molecular formula is C13H26N2O2. The number of nitrogens with one attached hydrogen (secondary N) is 1. The van der Waals surface area contributed by atoms with Crippen LogP contribution in [0.25, 0.3) is 0 Å². The van der Waals surface area contributed by atoms with Crippen molar-refractivity contribution in [3.63, 3.8) is 0 Å². The van der Waals surface area contributed by atoms with Crippen LogP contribution in [0.4, 0.5) is 4.79 Å². The first-order valence-electron chi connectivity index (χ1n) is 6.71. The minimum atomic E-state index is -0.318. The lowest BCUT2D eigenvalue weighted by Crippen LogP contribution is -2.47. The van der Waals surface area contributed by atoms with Gasteiger partial charge in [-0.2, -0.15) is 0 Å². The van der Waals surface area contributed by atoms with E-state index in [2.05, 4.69) is 19.2 Å². The van der Waals surface area contributed by atoms with Crippen molar-refractivity contribution in [3.05, 3.63) is 0 Å². The van der Waals surface area contributed by atoms with Crippen LogP contribution in [0.3, 0.4) is 0 Å². The quantitative estimate of drug-likeness (QED) is 0.790. The van der Waals surface area contributed by atoms with E-state index < -0.39 is 0 Å². The number of urea groups is 1. The van der Waals surface area contributed by atoms with E-state index in [0.29, 0.717) is 12.5 Å². The summed E-state index contributed by atoms with van der Waals surface area (Å²) >= 11 is 0. The van der Waals surface area contributed by atoms with Gasteiger partial charge in [-0.25, -0.2) is 4.79 Å². The first-order chi connectivity index (χ1) is 8.00. The Bertz CT molecular complexity index is 242. The molecule has 0 aromatic carbocycles. The second kappa shape index (κ2) is 6.84. The van der Waals surface area contributed by atoms with Crippen LogP contribution in [-0.2, 0) is 0 Å². The predicted molar refractivity (Wildman–Crippen MR) is 68.8 cm³/mol. The second-order valence-electron chi connectivity index (χ2n) is 5.50. The van der Waals surface area contributed by atoms with Crippen LogP contribution in [0.1, 0.15) is 40.0 Å². The average Bonchev–Trinajstić information content (AvgIpc) is 2.28. The average molecular weight is 242 g/mol. The van der Waals surface area contributed by atoms with E-state index in [1.165, 1.54) is 0 Å². The summed E-state index contributed by atoms with van der Waals surface area (Å²) < 4.78 is 0. The zero-order chi connectivity index (χ0) is 12.8. The molecule has 0 spiro atoms. The summed E-state index contributed by atoms with van der Waals surface area (Å²) in [5, 5.41) is 12.5. The standard InChI is InChI=1S/C13H26N2O2/c1-10(2)6-7-14-13(17)15-8-4-5-12(9-15)11(3)16/h10-12,16H,4-9H2,1-3H3,(H,14,17). The van der Waals surface area contributed by atoms with Crippen LogP contribution < -0.4 is 5.32 Å². The van der Waals surface area contributed by atoms with Gasteiger partial charge in [-0.05, 0) is 32.1 Å². The zero-order valence-electron chi connectivity index (χ0n) is 11.3. The Morgan fingerprint density at radius 3 is 2.76 bits per heavy atom. The Morgan fingerprint density at radius 2 is 2.18 bits per heavy atom. The van der Waals surface area contributed by atoms with Gasteiger partial charge < -0.3 is 15.3 Å². The number of hydrogen-bond acceptors (Lipinski definition) is 2. The third-order valence-corrected chi connectivity index (χ3v) is 3.43. The van der Waals surface area contributed by atoms with Crippen LogP contribution in [0.2, 0.25) is 0 Å². The normalized spacial score (nSPS) is 22.6. The molecule has 0 aromatic rings. The van der Waals surface area contributed by atoms with Gasteiger partial charge in [0.25, 0.3) is 0 Å². The fourth-order valence-electron chi connectivity index (χ4n) is 2.17. The summed E-state index contributed by atoms with van der Waals surface area (Å²) in [4.78, 5) is 13.7. The number of aliphatic hydroxyl groups is 1. The smallest absolute Gasteiger partial charge is 0.317 e. The number of carbonyl (C=O) groups is 1. The van der Waals surface area contributed by atoms with Crippen molar-refractivity contribution < 1.29 is 9.90 Å². The molecule has 1 aliphatic rings. The summed E-state index contributed by atoms with van der Waals surface area (Å²) in [5.74, 6) is 0.849. The first kappa shape index (κ1) is 14.3. The topological polar surface area (TPSA) is 52.6 Å². The van der Waals surface area contributed by atoms with Crippen LogP contribution in [0, 0.1) is 11.8 Å². The van der Waals surface area contributed by atoms with Crippen LogP contribution in [0.5, 0.6) is 0 Å². The molecule has 2 atom stereocenters. The molecule has 2 N–H and O–H groups in total. The highest BCUT2D eigenvalue weighted by atomic mass is 16.3. The maximum atomic E-state index is 11.9. The maximum Gasteiger partial charge on any atom is 0.317 e. The molecule has 1 fully saturated rings. The van der Waals surface area contributed by atoms with Crippen molar-refractivity contribution in [3.8, 4) is 0 Å². The van der Waals surface area contributed by atoms with Crippen molar-refractivity contribution in [2.45, 2.75) is 46.1 Å². The lowest BCUT2D eigenvalue weighted by atomic mass is 9.94. The molecule has 1 heterocycles. The molecule has 1 aliphatic heterocycles. The molecule has 2 amide bonds. The zero-order valence-corrected chi connectivity index (χ0v) is 11.3. The monoisotopic (exact) mass is 242 g/mol. The van der Waals surface area contributed by atoms with E-state index in [9.17, 15) is 9.90 Å². The summed E-state index contributed by atoms with van der Waals surface area (Å²) in [5.41, 5.74) is 0. The number of nitrogens with zero attached hydrogens (tertiary/aromatic N) is 1. The molecule has 0 aromatic heterocycles. The summed E-state index contributed by atoms with van der Waals surface area (Å²) in [6, 6.07) is 0.0241. The van der Waals surface area contributed by atoms with Gasteiger partial charge in [0.15, 0.2) is 0 Å². The summed E-state index contributed by atoms with van der Waals surface area (Å²) in [6.45, 7) is 8.35. The Balaban J connectivity index is 2.31. The molecule has 4 nitrogen and oxygen atoms in total. The maximum absolute atomic E-state index is 11.9. The van der Waals surface area contributed by atoms with Crippen LogP contribution in [-0.4, -0.2) is 41.8 Å². The van der Waals surface area contributed by atoms with Gasteiger partial charge in [-0.3, -0.25) is 0 Å². The number of likely N-dealkylation sites (tertiary alicyclic amines) is 1. The molecule has 17 heavy (non-hydrogen) atoms. The fraction of sp³-hybridized carbons (Fsp3) is 0.923. The highest BCUT2D eigenvalue weighted by Crippen LogP contribution is 2.19. The van der Waals surface area contributed by atoms with Crippen LogP contribution in [0.15, 0.2) is 0 Å². The van der Waals surface area contributed by atoms with Gasteiger partial charge in [0.05, 0.1) is 6.10 Å². The Morgan fingerprint density at radius 1 is 1.47 bits per heavy atom. The first-order valence-corrected chi connectivity index (χ1v) is 6.71. The summed E-state index contributed by atoms with van der Waals surface area (Å²) in [6.07, 6.45) is 2.71. The number of rotatable bonds is 4. The Hall–Kier alpha value is -0.770. The minimum Gasteiger partial charge on any atom is -0.393 e. The third kappa shape index (κ3) is 4.94. The molecule has 0 saturated carbocycles. The highest BCUT2D eigenvalue weighted by molar-refractivity contribution is 5.74. The van der Waals surface area contributed by atoms with Crippen molar-refractivity contribution in [2.75, 3.05) is 19.6 Å². The fourth-order valence-corrected chi connectivity index (χ4v) is 2.17. The lowest BCUT2D eigenvalue weighted by Gasteiger charge is -2.34. The van der Waals surface area contributed by atoms with E-state index >= 15 is 0 Å². The second-order valence-corrected chi connectivity index (χ2v) is 5.50. The van der Waals surface area contributed by atoms with Gasteiger partial charge in [-0.15, -0.1) is 0 Å². The number of aliphatic hydroxyl groups excluding tert-OH is 1. The largest absolute Gasteiger partial charge is 0.393 e. The highest BCUT2D eigenvalue weighted by Gasteiger charge is 2.26. The minimum absolute atomic E-state index is 0.0241. The molecule has 1 saturated heterocycles. The molecule has 0 radical (unpaired) electrons. The number of amides is 2. The van der Waals surface area contributed by atoms with Crippen molar-refractivity contribution in [1.82, 2.24) is 10.2 Å². The molecule has 2 unspecified atom stereocenters. The van der Waals surface area contributed by atoms with E-state index in [1.54, 1.807) is 0 Å². The molecular weight excluding hydrogens is 216 g/mol. The Labute approximate surface area is 104 Å². The summed E-state index contributed by atoms with van der Waals surface area (Å²) in [7, 11) is 0. The number of carbonyl (C=O) groups excluding carboxylic acids is 1. The number of hydrogen-bond donors (Lipinski definition) is 2. The van der Waals surface area contributed by atoms with Crippen molar-refractivity contribution in [2.24, 2.45) is 11.8 Å². The van der Waals surface area contributed by atoms with Gasteiger partial charge in [0.1, 0.15) is 0 Å².